The summed E-state index contributed by atoms with van der Waals surface area (Å²) in [7, 11) is 0. The summed E-state index contributed by atoms with van der Waals surface area (Å²) in [6, 6.07) is 2.18. The number of hydrogen-bond acceptors (Lipinski definition) is 7. The predicted octanol–water partition coefficient (Wildman–Crippen LogP) is 3.42. The highest BCUT2D eigenvalue weighted by Crippen LogP contribution is 2.37. The van der Waals surface area contributed by atoms with Gasteiger partial charge < -0.3 is 19.8 Å². The lowest BCUT2D eigenvalue weighted by Gasteiger charge is -2.09. The molecule has 0 atom stereocenters. The Hall–Kier alpha value is -3.12. The summed E-state index contributed by atoms with van der Waals surface area (Å²) in [6.45, 7) is 4.67. The molecule has 1 aliphatic rings. The number of esters is 2. The molecule has 0 aromatic carbocycles. The molecule has 0 radical (unpaired) electrons. The summed E-state index contributed by atoms with van der Waals surface area (Å²) in [5.74, 6) is -1.78. The second-order valence-corrected chi connectivity index (χ2v) is 8.10. The van der Waals surface area contributed by atoms with Gasteiger partial charge in [-0.3, -0.25) is 4.79 Å². The van der Waals surface area contributed by atoms with Crippen molar-refractivity contribution in [2.24, 2.45) is 0 Å². The Balaban J connectivity index is 1.66. The van der Waals surface area contributed by atoms with Crippen LogP contribution in [0, 0.1) is 25.2 Å². The summed E-state index contributed by atoms with van der Waals surface area (Å²) in [6.07, 6.45) is 3.86. The van der Waals surface area contributed by atoms with Crippen LogP contribution in [0.25, 0.3) is 0 Å². The van der Waals surface area contributed by atoms with Gasteiger partial charge in [-0.25, -0.2) is 9.59 Å². The number of carbonyl (C=O) groups excluding carboxylic acids is 3. The average molecular weight is 429 g/mol. The van der Waals surface area contributed by atoms with Gasteiger partial charge in [-0.05, 0) is 57.6 Å². The normalized spacial score (nSPS) is 12.6. The van der Waals surface area contributed by atoms with Crippen molar-refractivity contribution < 1.29 is 23.9 Å². The van der Waals surface area contributed by atoms with Gasteiger partial charge in [0, 0.05) is 10.6 Å². The fourth-order valence-electron chi connectivity index (χ4n) is 3.60. The molecule has 2 N–H and O–H groups in total. The first-order chi connectivity index (χ1) is 14.4. The van der Waals surface area contributed by atoms with Gasteiger partial charge in [0.05, 0.1) is 17.7 Å². The molecular weight excluding hydrogens is 406 g/mol. The quantitative estimate of drug-likeness (QED) is 0.679. The summed E-state index contributed by atoms with van der Waals surface area (Å²) in [4.78, 5) is 40.8. The van der Waals surface area contributed by atoms with E-state index in [2.05, 4.69) is 16.4 Å². The van der Waals surface area contributed by atoms with Crippen LogP contribution in [0.2, 0.25) is 0 Å². The van der Waals surface area contributed by atoms with E-state index >= 15 is 0 Å². The minimum absolute atomic E-state index is 0.188. The number of nitrogens with one attached hydrogen (secondary N) is 2. The molecule has 0 aliphatic heterocycles. The molecule has 9 heteroatoms. The number of fused-ring (bicyclic) bond motifs is 1. The molecular formula is C21H23N3O5S. The van der Waals surface area contributed by atoms with Gasteiger partial charge >= 0.3 is 11.9 Å². The van der Waals surface area contributed by atoms with Crippen molar-refractivity contribution >= 4 is 34.2 Å². The maximum atomic E-state index is 12.5. The number of H-pyrrole nitrogens is 1. The van der Waals surface area contributed by atoms with Crippen molar-refractivity contribution in [3.8, 4) is 6.07 Å². The molecule has 30 heavy (non-hydrogen) atoms. The number of hydrogen-bond donors (Lipinski definition) is 2. The fourth-order valence-corrected chi connectivity index (χ4v) is 4.86. The van der Waals surface area contributed by atoms with Crippen LogP contribution in [-0.2, 0) is 27.1 Å². The van der Waals surface area contributed by atoms with E-state index in [0.29, 0.717) is 21.8 Å². The van der Waals surface area contributed by atoms with E-state index in [-0.39, 0.29) is 17.9 Å². The molecule has 8 nitrogen and oxygen atoms in total. The van der Waals surface area contributed by atoms with E-state index in [1.807, 2.05) is 0 Å². The molecule has 3 rings (SSSR count). The van der Waals surface area contributed by atoms with Gasteiger partial charge in [0.2, 0.25) is 0 Å². The Morgan fingerprint density at radius 1 is 1.17 bits per heavy atom. The third-order valence-electron chi connectivity index (χ3n) is 4.99. The van der Waals surface area contributed by atoms with Crippen LogP contribution >= 0.6 is 11.3 Å². The van der Waals surface area contributed by atoms with E-state index in [4.69, 9.17) is 9.47 Å². The number of ether oxygens (including phenoxy) is 2. The number of nitrogens with zero attached hydrogens (tertiary/aromatic N) is 1. The number of aromatic amines is 1. The molecule has 0 saturated carbocycles. The van der Waals surface area contributed by atoms with Crippen LogP contribution < -0.4 is 5.32 Å². The Morgan fingerprint density at radius 3 is 2.60 bits per heavy atom. The Bertz CT molecular complexity index is 1040. The zero-order valence-corrected chi connectivity index (χ0v) is 18.0. The van der Waals surface area contributed by atoms with Crippen LogP contribution in [0.5, 0.6) is 0 Å². The molecule has 0 bridgehead atoms. The Kier molecular flexibility index (Phi) is 6.57. The van der Waals surface area contributed by atoms with Crippen molar-refractivity contribution in [1.29, 1.82) is 5.26 Å². The average Bonchev–Trinajstić information content (AvgIpc) is 3.22. The molecule has 2 aromatic heterocycles. The monoisotopic (exact) mass is 429 g/mol. The zero-order chi connectivity index (χ0) is 21.8. The third kappa shape index (κ3) is 4.24. The Morgan fingerprint density at radius 2 is 1.90 bits per heavy atom. The maximum Gasteiger partial charge on any atom is 0.355 e. The van der Waals surface area contributed by atoms with E-state index in [1.54, 1.807) is 20.8 Å². The predicted molar refractivity (Wildman–Crippen MR) is 111 cm³/mol. The highest BCUT2D eigenvalue weighted by Gasteiger charge is 2.25. The zero-order valence-electron chi connectivity index (χ0n) is 17.1. The van der Waals surface area contributed by atoms with Crippen molar-refractivity contribution in [3.63, 3.8) is 0 Å². The Labute approximate surface area is 178 Å². The standard InChI is InChI=1S/C21H23N3O5S/c1-4-28-21(27)18-11(2)17(12(3)23-18)20(26)29-10-16(25)24-19-14(9-22)13-7-5-6-8-15(13)30-19/h23H,4-8,10H2,1-3H3,(H,24,25). The number of carbonyl (C=O) groups is 3. The number of aromatic nitrogens is 1. The van der Waals surface area contributed by atoms with Crippen molar-refractivity contribution in [3.05, 3.63) is 38.5 Å². The number of anilines is 1. The van der Waals surface area contributed by atoms with Gasteiger partial charge in [-0.2, -0.15) is 5.26 Å². The van der Waals surface area contributed by atoms with E-state index < -0.39 is 24.5 Å². The first kappa shape index (κ1) is 21.6. The summed E-state index contributed by atoms with van der Waals surface area (Å²) in [5.41, 5.74) is 2.79. The van der Waals surface area contributed by atoms with Gasteiger partial charge in [0.25, 0.3) is 5.91 Å². The smallest absolute Gasteiger partial charge is 0.355 e. The van der Waals surface area contributed by atoms with Crippen LogP contribution in [0.1, 0.15) is 67.9 Å². The molecule has 0 fully saturated rings. The third-order valence-corrected chi connectivity index (χ3v) is 6.20. The van der Waals surface area contributed by atoms with Crippen LogP contribution in [0.3, 0.4) is 0 Å². The number of amides is 1. The minimum Gasteiger partial charge on any atom is -0.461 e. The molecule has 2 heterocycles. The van der Waals surface area contributed by atoms with Crippen molar-refractivity contribution in [1.82, 2.24) is 4.98 Å². The summed E-state index contributed by atoms with van der Waals surface area (Å²) in [5, 5.41) is 12.7. The van der Waals surface area contributed by atoms with Gasteiger partial charge in [-0.15, -0.1) is 11.3 Å². The molecule has 0 saturated heterocycles. The maximum absolute atomic E-state index is 12.5. The largest absolute Gasteiger partial charge is 0.461 e. The van der Waals surface area contributed by atoms with Crippen LogP contribution in [-0.4, -0.2) is 36.0 Å². The van der Waals surface area contributed by atoms with E-state index in [0.717, 1.165) is 36.1 Å². The second kappa shape index (κ2) is 9.13. The lowest BCUT2D eigenvalue weighted by Crippen LogP contribution is -2.21. The number of aryl methyl sites for hydroxylation is 2. The van der Waals surface area contributed by atoms with Gasteiger partial charge in [-0.1, -0.05) is 0 Å². The molecule has 0 unspecified atom stereocenters. The summed E-state index contributed by atoms with van der Waals surface area (Å²) < 4.78 is 10.1. The first-order valence-electron chi connectivity index (χ1n) is 9.75. The molecule has 0 spiro atoms. The van der Waals surface area contributed by atoms with E-state index in [9.17, 15) is 19.6 Å². The highest BCUT2D eigenvalue weighted by molar-refractivity contribution is 7.16. The lowest BCUT2D eigenvalue weighted by atomic mass is 9.96. The number of thiophene rings is 1. The first-order valence-corrected chi connectivity index (χ1v) is 10.6. The fraction of sp³-hybridized carbons (Fsp3) is 0.429. The van der Waals surface area contributed by atoms with Gasteiger partial charge in [0.15, 0.2) is 6.61 Å². The second-order valence-electron chi connectivity index (χ2n) is 7.00. The molecule has 2 aromatic rings. The van der Waals surface area contributed by atoms with Crippen LogP contribution in [0.4, 0.5) is 5.00 Å². The highest BCUT2D eigenvalue weighted by atomic mass is 32.1. The molecule has 158 valence electrons. The van der Waals surface area contributed by atoms with Gasteiger partial charge in [0.1, 0.15) is 16.8 Å². The van der Waals surface area contributed by atoms with Crippen molar-refractivity contribution in [2.45, 2.75) is 46.5 Å². The van der Waals surface area contributed by atoms with Crippen molar-refractivity contribution in [2.75, 3.05) is 18.5 Å². The van der Waals surface area contributed by atoms with E-state index in [1.165, 1.54) is 11.3 Å². The van der Waals surface area contributed by atoms with Crippen LogP contribution in [0.15, 0.2) is 0 Å². The SMILES string of the molecule is CCOC(=O)c1[nH]c(C)c(C(=O)OCC(=O)Nc2sc3c(c2C#N)CCCC3)c1C. The molecule has 1 amide bonds. The topological polar surface area (TPSA) is 121 Å². The minimum atomic E-state index is -0.710. The molecule has 1 aliphatic carbocycles. The summed E-state index contributed by atoms with van der Waals surface area (Å²) >= 11 is 1.41. The number of rotatable bonds is 6. The number of nitriles is 1. The lowest BCUT2D eigenvalue weighted by molar-refractivity contribution is -0.119.